The Labute approximate surface area is 378 Å². The molecule has 2 atom stereocenters. The maximum absolute atomic E-state index is 14.8. The number of fused-ring (bicyclic) bond motifs is 2. The van der Waals surface area contributed by atoms with Crippen molar-refractivity contribution in [1.82, 2.24) is 10.6 Å². The van der Waals surface area contributed by atoms with E-state index in [0.717, 1.165) is 21.5 Å². The summed E-state index contributed by atoms with van der Waals surface area (Å²) in [6.45, 7) is 0. The van der Waals surface area contributed by atoms with Crippen molar-refractivity contribution in [3.8, 4) is 23.0 Å². The van der Waals surface area contributed by atoms with Crippen molar-refractivity contribution in [2.45, 2.75) is 29.7 Å². The lowest BCUT2D eigenvalue weighted by Crippen LogP contribution is -2.48. The Morgan fingerprint density at radius 2 is 0.692 bits per heavy atom. The summed E-state index contributed by atoms with van der Waals surface area (Å²) >= 11 is 0. The van der Waals surface area contributed by atoms with E-state index in [-0.39, 0.29) is 0 Å². The molecule has 0 fully saturated rings. The van der Waals surface area contributed by atoms with E-state index in [2.05, 4.69) is 10.6 Å². The molecule has 0 aliphatic carbocycles. The van der Waals surface area contributed by atoms with Crippen molar-refractivity contribution in [3.05, 3.63) is 215 Å². The van der Waals surface area contributed by atoms with E-state index in [1.165, 1.54) is 28.4 Å². The van der Waals surface area contributed by atoms with Crippen LogP contribution in [0.5, 0.6) is 23.0 Å². The van der Waals surface area contributed by atoms with Crippen LogP contribution in [0.1, 0.15) is 51.9 Å². The Morgan fingerprint density at radius 3 is 1.00 bits per heavy atom. The third kappa shape index (κ3) is 8.45. The number of benzene rings is 8. The predicted octanol–water partition coefficient (Wildman–Crippen LogP) is 9.30. The zero-order valence-corrected chi connectivity index (χ0v) is 36.5. The van der Waals surface area contributed by atoms with Gasteiger partial charge in [0, 0.05) is 22.3 Å². The number of carbonyl (C=O) groups is 2. The smallest absolute Gasteiger partial charge is 0.230 e. The molecule has 2 unspecified atom stereocenters. The van der Waals surface area contributed by atoms with Crippen molar-refractivity contribution in [1.29, 1.82) is 0 Å². The van der Waals surface area contributed by atoms with Gasteiger partial charge in [0.05, 0.1) is 40.5 Å². The van der Waals surface area contributed by atoms with E-state index < -0.39 is 41.5 Å². The van der Waals surface area contributed by atoms with E-state index in [4.69, 9.17) is 18.9 Å². The second-order valence-corrected chi connectivity index (χ2v) is 15.7. The van der Waals surface area contributed by atoms with Crippen LogP contribution in [0.15, 0.2) is 182 Å². The Balaban J connectivity index is 1.25. The summed E-state index contributed by atoms with van der Waals surface area (Å²) in [7, 11) is 6.05. The first-order chi connectivity index (χ1) is 31.6. The van der Waals surface area contributed by atoms with Gasteiger partial charge in [0.1, 0.15) is 40.6 Å². The van der Waals surface area contributed by atoms with Gasteiger partial charge in [-0.05, 0) is 69.1 Å². The summed E-state index contributed by atoms with van der Waals surface area (Å²) < 4.78 is 23.4. The molecule has 0 aliphatic rings. The highest BCUT2D eigenvalue weighted by atomic mass is 16.5. The molecular weight excluding hydrogens is 817 g/mol. The summed E-state index contributed by atoms with van der Waals surface area (Å²) in [6.07, 6.45) is -0.698. The summed E-state index contributed by atoms with van der Waals surface area (Å²) in [5, 5.41) is 36.9. The molecule has 2 amide bonds. The fourth-order valence-corrected chi connectivity index (χ4v) is 8.95. The minimum Gasteiger partial charge on any atom is -0.496 e. The fourth-order valence-electron chi connectivity index (χ4n) is 8.95. The highest BCUT2D eigenvalue weighted by molar-refractivity contribution is 5.97. The third-order valence-corrected chi connectivity index (χ3v) is 12.1. The monoisotopic (exact) mass is 866 g/mol. The van der Waals surface area contributed by atoms with Crippen LogP contribution in [0.2, 0.25) is 0 Å². The molecule has 0 aliphatic heterocycles. The number of nitrogens with one attached hydrogen (secondary N) is 2. The van der Waals surface area contributed by atoms with Crippen LogP contribution in [0, 0.1) is 0 Å². The van der Waals surface area contributed by atoms with Crippen LogP contribution in [0.4, 0.5) is 0 Å². The molecule has 10 nitrogen and oxygen atoms in total. The van der Waals surface area contributed by atoms with Crippen molar-refractivity contribution < 1.29 is 38.7 Å². The summed E-state index contributed by atoms with van der Waals surface area (Å²) in [4.78, 5) is 29.5. The first-order valence-corrected chi connectivity index (χ1v) is 21.2. The maximum atomic E-state index is 14.8. The van der Waals surface area contributed by atoms with E-state index in [0.29, 0.717) is 56.4 Å². The number of para-hydroxylation sites is 4. The van der Waals surface area contributed by atoms with Crippen LogP contribution >= 0.6 is 0 Å². The Morgan fingerprint density at radius 1 is 0.415 bits per heavy atom. The lowest BCUT2D eigenvalue weighted by Gasteiger charge is -2.40. The van der Waals surface area contributed by atoms with Gasteiger partial charge >= 0.3 is 0 Å². The van der Waals surface area contributed by atoms with E-state index >= 15 is 0 Å². The molecule has 0 saturated heterocycles. The zero-order valence-electron chi connectivity index (χ0n) is 36.5. The van der Waals surface area contributed by atoms with Crippen molar-refractivity contribution in [2.75, 3.05) is 28.4 Å². The Bertz CT molecular complexity index is 2690. The molecule has 8 rings (SSSR count). The summed E-state index contributed by atoms with van der Waals surface area (Å²) in [6, 6.07) is 52.7. The van der Waals surface area contributed by atoms with Gasteiger partial charge in [-0.25, -0.2) is 0 Å². The molecule has 0 radical (unpaired) electrons. The molecule has 4 N–H and O–H groups in total. The molecule has 8 aromatic carbocycles. The molecule has 328 valence electrons. The van der Waals surface area contributed by atoms with Gasteiger partial charge in [-0.2, -0.15) is 0 Å². The first kappa shape index (κ1) is 44.0. The molecule has 10 heteroatoms. The van der Waals surface area contributed by atoms with Gasteiger partial charge in [-0.1, -0.05) is 146 Å². The van der Waals surface area contributed by atoms with Crippen LogP contribution in [0.25, 0.3) is 21.5 Å². The molecule has 0 spiro atoms. The minimum atomic E-state index is -2.03. The maximum Gasteiger partial charge on any atom is 0.230 e. The largest absolute Gasteiger partial charge is 0.496 e. The third-order valence-electron chi connectivity index (χ3n) is 12.1. The summed E-state index contributed by atoms with van der Waals surface area (Å²) in [5.41, 5.74) is -1.56. The highest BCUT2D eigenvalue weighted by Gasteiger charge is 2.48. The van der Waals surface area contributed by atoms with Crippen LogP contribution in [-0.4, -0.2) is 50.5 Å². The van der Waals surface area contributed by atoms with Gasteiger partial charge in [0.15, 0.2) is 0 Å². The number of carbonyl (C=O) groups excluding carboxylic acids is 2. The number of hydrogen-bond donors (Lipinski definition) is 4. The standard InChI is InChI=1S/C55H50N2O8/c1-62-46-25-13-9-21-42(46)54(60,43-22-10-14-26-47(43)63-2)52(40-31-29-36-17-5-7-19-38(36)33-40)56-50(58)35-51(59)57-53(41-32-30-37-18-6-8-20-39(37)34-41)55(61,44-23-11-15-27-48(44)64-3)45-24-12-16-28-49(45)65-4/h5-34,52-53,60-61H,35H2,1-4H3,(H,56,58)(H,57,59). The van der Waals surface area contributed by atoms with E-state index in [1.807, 2.05) is 84.9 Å². The van der Waals surface area contributed by atoms with Crippen molar-refractivity contribution in [3.63, 3.8) is 0 Å². The lowest BCUT2D eigenvalue weighted by atomic mass is 9.75. The normalized spacial score (nSPS) is 12.5. The average Bonchev–Trinajstić information content (AvgIpc) is 3.36. The summed E-state index contributed by atoms with van der Waals surface area (Å²) in [5.74, 6) is 0.0408. The molecule has 65 heavy (non-hydrogen) atoms. The number of ether oxygens (including phenoxy) is 4. The molecule has 0 bridgehead atoms. The van der Waals surface area contributed by atoms with Crippen LogP contribution < -0.4 is 29.6 Å². The molecule has 0 saturated carbocycles. The first-order valence-electron chi connectivity index (χ1n) is 21.2. The van der Waals surface area contributed by atoms with Gasteiger partial charge < -0.3 is 39.8 Å². The fraction of sp³-hybridized carbons (Fsp3) is 0.164. The van der Waals surface area contributed by atoms with Gasteiger partial charge in [-0.3, -0.25) is 9.59 Å². The number of amides is 2. The molecule has 8 aromatic rings. The van der Waals surface area contributed by atoms with Crippen molar-refractivity contribution in [2.24, 2.45) is 0 Å². The number of aliphatic hydroxyl groups is 2. The second-order valence-electron chi connectivity index (χ2n) is 15.7. The quantitative estimate of drug-likeness (QED) is 0.0707. The number of hydrogen-bond acceptors (Lipinski definition) is 8. The van der Waals surface area contributed by atoms with Gasteiger partial charge in [0.2, 0.25) is 11.8 Å². The molecule has 0 aromatic heterocycles. The van der Waals surface area contributed by atoms with Crippen LogP contribution in [0.3, 0.4) is 0 Å². The SMILES string of the molecule is COc1ccccc1C(O)(c1ccccc1OC)C(NC(=O)CC(=O)NC(c1ccc2ccccc2c1)C(O)(c1ccccc1OC)c1ccccc1OC)c1ccc2ccccc2c1. The Hall–Kier alpha value is -7.66. The highest BCUT2D eigenvalue weighted by Crippen LogP contribution is 2.50. The zero-order chi connectivity index (χ0) is 45.6. The average molecular weight is 867 g/mol. The Kier molecular flexibility index (Phi) is 12.8. The van der Waals surface area contributed by atoms with Gasteiger partial charge in [0.25, 0.3) is 0 Å². The number of methoxy groups -OCH3 is 4. The topological polar surface area (TPSA) is 136 Å². The molecular formula is C55H50N2O8. The van der Waals surface area contributed by atoms with Crippen molar-refractivity contribution >= 4 is 33.4 Å². The van der Waals surface area contributed by atoms with E-state index in [9.17, 15) is 19.8 Å². The molecule has 0 heterocycles. The minimum absolute atomic E-state index is 0.352. The van der Waals surface area contributed by atoms with Gasteiger partial charge in [-0.15, -0.1) is 0 Å². The predicted molar refractivity (Wildman–Crippen MR) is 252 cm³/mol. The van der Waals surface area contributed by atoms with Crippen LogP contribution in [-0.2, 0) is 20.8 Å². The van der Waals surface area contributed by atoms with E-state index in [1.54, 1.807) is 97.1 Å². The lowest BCUT2D eigenvalue weighted by molar-refractivity contribution is -0.132. The number of rotatable bonds is 16. The second kappa shape index (κ2) is 19.0.